The molecule has 1 atom stereocenters. The number of halogens is 1. The summed E-state index contributed by atoms with van der Waals surface area (Å²) >= 11 is 6.07. The quantitative estimate of drug-likeness (QED) is 0.918. The van der Waals surface area contributed by atoms with Gasteiger partial charge in [0.25, 0.3) is 5.91 Å². The first-order valence-corrected chi connectivity index (χ1v) is 7.56. The standard InChI is InChI=1S/C14H17ClN6O/c1-16-11-3-2-6-20(8-11)14(22)12-7-10(15)4-5-13(12)21-9-17-18-19-21/h4-5,7,9,11,16H,2-3,6,8H2,1H3. The number of aromatic nitrogens is 4. The van der Waals surface area contributed by atoms with E-state index in [1.54, 1.807) is 18.2 Å². The Morgan fingerprint density at radius 3 is 3.05 bits per heavy atom. The van der Waals surface area contributed by atoms with E-state index in [4.69, 9.17) is 11.6 Å². The fourth-order valence-electron chi connectivity index (χ4n) is 2.72. The van der Waals surface area contributed by atoms with Crippen molar-refractivity contribution in [2.24, 2.45) is 0 Å². The summed E-state index contributed by atoms with van der Waals surface area (Å²) in [6, 6.07) is 5.48. The van der Waals surface area contributed by atoms with Crippen molar-refractivity contribution in [1.29, 1.82) is 0 Å². The van der Waals surface area contributed by atoms with Gasteiger partial charge in [-0.05, 0) is 48.5 Å². The number of likely N-dealkylation sites (N-methyl/N-ethyl adjacent to an activating group) is 1. The van der Waals surface area contributed by atoms with Crippen molar-refractivity contribution < 1.29 is 4.79 Å². The zero-order valence-electron chi connectivity index (χ0n) is 12.2. The number of carbonyl (C=O) groups excluding carboxylic acids is 1. The molecule has 1 saturated heterocycles. The summed E-state index contributed by atoms with van der Waals surface area (Å²) in [5, 5.41) is 14.9. The van der Waals surface area contributed by atoms with Crippen LogP contribution in [-0.2, 0) is 0 Å². The van der Waals surface area contributed by atoms with Gasteiger partial charge in [-0.25, -0.2) is 0 Å². The molecule has 1 fully saturated rings. The molecule has 1 amide bonds. The summed E-state index contributed by atoms with van der Waals surface area (Å²) in [6.45, 7) is 1.44. The van der Waals surface area contributed by atoms with Crippen molar-refractivity contribution in [3.8, 4) is 5.69 Å². The van der Waals surface area contributed by atoms with E-state index < -0.39 is 0 Å². The predicted octanol–water partition coefficient (Wildman–Crippen LogP) is 1.14. The second-order valence-electron chi connectivity index (χ2n) is 5.29. The fraction of sp³-hybridized carbons (Fsp3) is 0.429. The molecule has 1 aromatic heterocycles. The lowest BCUT2D eigenvalue weighted by atomic mass is 10.0. The van der Waals surface area contributed by atoms with Gasteiger partial charge in [0.1, 0.15) is 6.33 Å². The van der Waals surface area contributed by atoms with Crippen LogP contribution < -0.4 is 5.32 Å². The minimum Gasteiger partial charge on any atom is -0.337 e. The van der Waals surface area contributed by atoms with Crippen LogP contribution in [-0.4, -0.2) is 57.2 Å². The zero-order chi connectivity index (χ0) is 15.5. The van der Waals surface area contributed by atoms with Gasteiger partial charge < -0.3 is 10.2 Å². The molecule has 2 aromatic rings. The van der Waals surface area contributed by atoms with E-state index in [1.165, 1.54) is 11.0 Å². The summed E-state index contributed by atoms with van der Waals surface area (Å²) in [6.07, 6.45) is 3.53. The first-order chi connectivity index (χ1) is 10.7. The Balaban J connectivity index is 1.93. The van der Waals surface area contributed by atoms with Gasteiger partial charge in [0.05, 0.1) is 11.3 Å². The normalized spacial score (nSPS) is 18.5. The molecule has 1 aliphatic rings. The van der Waals surface area contributed by atoms with Gasteiger partial charge in [0, 0.05) is 24.2 Å². The second kappa shape index (κ2) is 6.41. The summed E-state index contributed by atoms with van der Waals surface area (Å²) < 4.78 is 1.48. The van der Waals surface area contributed by atoms with Crippen LogP contribution in [0.1, 0.15) is 23.2 Å². The molecular formula is C14H17ClN6O. The van der Waals surface area contributed by atoms with Crippen LogP contribution in [0.25, 0.3) is 5.69 Å². The maximum atomic E-state index is 12.9. The first kappa shape index (κ1) is 14.9. The van der Waals surface area contributed by atoms with Crippen molar-refractivity contribution in [2.45, 2.75) is 18.9 Å². The van der Waals surface area contributed by atoms with E-state index in [1.807, 2.05) is 11.9 Å². The van der Waals surface area contributed by atoms with Crippen LogP contribution in [0.4, 0.5) is 0 Å². The Hall–Kier alpha value is -1.99. The van der Waals surface area contributed by atoms with Crippen molar-refractivity contribution in [3.05, 3.63) is 35.1 Å². The van der Waals surface area contributed by atoms with Crippen molar-refractivity contribution in [3.63, 3.8) is 0 Å². The van der Waals surface area contributed by atoms with E-state index >= 15 is 0 Å². The lowest BCUT2D eigenvalue weighted by Gasteiger charge is -2.33. The Morgan fingerprint density at radius 1 is 1.45 bits per heavy atom. The minimum absolute atomic E-state index is 0.0482. The molecule has 1 unspecified atom stereocenters. The van der Waals surface area contributed by atoms with Gasteiger partial charge >= 0.3 is 0 Å². The maximum Gasteiger partial charge on any atom is 0.256 e. The summed E-state index contributed by atoms with van der Waals surface area (Å²) in [5.41, 5.74) is 1.14. The highest BCUT2D eigenvalue weighted by Gasteiger charge is 2.26. The number of rotatable bonds is 3. The molecule has 7 nitrogen and oxygen atoms in total. The van der Waals surface area contributed by atoms with Crippen molar-refractivity contribution in [1.82, 2.24) is 30.4 Å². The minimum atomic E-state index is -0.0482. The van der Waals surface area contributed by atoms with Crippen LogP contribution in [0.3, 0.4) is 0 Å². The number of benzene rings is 1. The number of piperidine rings is 1. The number of carbonyl (C=O) groups is 1. The molecule has 0 bridgehead atoms. The van der Waals surface area contributed by atoms with Crippen LogP contribution in [0.15, 0.2) is 24.5 Å². The molecule has 8 heteroatoms. The molecule has 116 valence electrons. The second-order valence-corrected chi connectivity index (χ2v) is 5.73. The fourth-order valence-corrected chi connectivity index (χ4v) is 2.89. The number of nitrogens with one attached hydrogen (secondary N) is 1. The monoisotopic (exact) mass is 320 g/mol. The highest BCUT2D eigenvalue weighted by atomic mass is 35.5. The predicted molar refractivity (Wildman–Crippen MR) is 82.1 cm³/mol. The maximum absolute atomic E-state index is 12.9. The van der Waals surface area contributed by atoms with E-state index in [9.17, 15) is 4.79 Å². The van der Waals surface area contributed by atoms with Crippen LogP contribution in [0, 0.1) is 0 Å². The van der Waals surface area contributed by atoms with Crippen LogP contribution in [0.2, 0.25) is 5.02 Å². The van der Waals surface area contributed by atoms with Crippen LogP contribution in [0.5, 0.6) is 0 Å². The van der Waals surface area contributed by atoms with Gasteiger partial charge in [0.2, 0.25) is 0 Å². The largest absolute Gasteiger partial charge is 0.337 e. The van der Waals surface area contributed by atoms with Gasteiger partial charge in [-0.15, -0.1) is 5.10 Å². The third kappa shape index (κ3) is 2.95. The number of hydrogen-bond acceptors (Lipinski definition) is 5. The van der Waals surface area contributed by atoms with E-state index in [0.717, 1.165) is 19.4 Å². The molecule has 0 spiro atoms. The molecule has 0 radical (unpaired) electrons. The average Bonchev–Trinajstić information content (AvgIpc) is 3.08. The number of tetrazole rings is 1. The molecule has 2 heterocycles. The molecule has 1 N–H and O–H groups in total. The highest BCUT2D eigenvalue weighted by molar-refractivity contribution is 6.31. The molecule has 1 aromatic carbocycles. The number of nitrogens with zero attached hydrogens (tertiary/aromatic N) is 5. The average molecular weight is 321 g/mol. The SMILES string of the molecule is CNC1CCCN(C(=O)c2cc(Cl)ccc2-n2cnnn2)C1. The zero-order valence-corrected chi connectivity index (χ0v) is 13.0. The van der Waals surface area contributed by atoms with Crippen molar-refractivity contribution in [2.75, 3.05) is 20.1 Å². The Morgan fingerprint density at radius 2 is 2.32 bits per heavy atom. The number of amides is 1. The molecule has 0 aliphatic carbocycles. The topological polar surface area (TPSA) is 75.9 Å². The summed E-state index contributed by atoms with van der Waals surface area (Å²) in [4.78, 5) is 14.7. The first-order valence-electron chi connectivity index (χ1n) is 7.18. The molecule has 1 aliphatic heterocycles. The van der Waals surface area contributed by atoms with Gasteiger partial charge in [0.15, 0.2) is 0 Å². The van der Waals surface area contributed by atoms with E-state index in [2.05, 4.69) is 20.8 Å². The van der Waals surface area contributed by atoms with Crippen LogP contribution >= 0.6 is 11.6 Å². The lowest BCUT2D eigenvalue weighted by Crippen LogP contribution is -2.47. The molecule has 22 heavy (non-hydrogen) atoms. The Kier molecular flexibility index (Phi) is 4.35. The summed E-state index contributed by atoms with van der Waals surface area (Å²) in [7, 11) is 1.92. The molecule has 0 saturated carbocycles. The van der Waals surface area contributed by atoms with E-state index in [-0.39, 0.29) is 5.91 Å². The summed E-state index contributed by atoms with van der Waals surface area (Å²) in [5.74, 6) is -0.0482. The van der Waals surface area contributed by atoms with Gasteiger partial charge in [-0.1, -0.05) is 11.6 Å². The third-order valence-corrected chi connectivity index (χ3v) is 4.14. The Labute approximate surface area is 133 Å². The van der Waals surface area contributed by atoms with Gasteiger partial charge in [-0.3, -0.25) is 4.79 Å². The molecular weight excluding hydrogens is 304 g/mol. The lowest BCUT2D eigenvalue weighted by molar-refractivity contribution is 0.0698. The highest BCUT2D eigenvalue weighted by Crippen LogP contribution is 2.22. The van der Waals surface area contributed by atoms with E-state index in [0.29, 0.717) is 28.9 Å². The smallest absolute Gasteiger partial charge is 0.256 e. The van der Waals surface area contributed by atoms with Gasteiger partial charge in [-0.2, -0.15) is 4.68 Å². The number of likely N-dealkylation sites (tertiary alicyclic amines) is 1. The molecule has 3 rings (SSSR count). The Bertz CT molecular complexity index is 659. The van der Waals surface area contributed by atoms with Crippen molar-refractivity contribution >= 4 is 17.5 Å². The number of hydrogen-bond donors (Lipinski definition) is 1. The third-order valence-electron chi connectivity index (χ3n) is 3.90.